The second-order valence-electron chi connectivity index (χ2n) is 3.70. The van der Waals surface area contributed by atoms with Crippen LogP contribution < -0.4 is 20.5 Å². The lowest BCUT2D eigenvalue weighted by molar-refractivity contribution is -0.125. The Morgan fingerprint density at radius 2 is 2.35 bits per heavy atom. The van der Waals surface area contributed by atoms with Gasteiger partial charge in [-0.1, -0.05) is 12.1 Å². The van der Waals surface area contributed by atoms with Gasteiger partial charge in [0, 0.05) is 18.7 Å². The molecule has 0 aliphatic carbocycles. The number of carbonyl (C=O) groups excluding carboxylic acids is 1. The van der Waals surface area contributed by atoms with E-state index in [-0.39, 0.29) is 13.3 Å². The van der Waals surface area contributed by atoms with E-state index >= 15 is 0 Å². The number of hydrogen-bond donors (Lipinski definition) is 3. The Morgan fingerprint density at radius 3 is 3.12 bits per heavy atom. The lowest BCUT2D eigenvalue weighted by Gasteiger charge is -2.09. The fourth-order valence-corrected chi connectivity index (χ4v) is 1.57. The highest BCUT2D eigenvalue weighted by Crippen LogP contribution is 2.35. The number of benzene rings is 1. The quantitative estimate of drug-likeness (QED) is 0.634. The van der Waals surface area contributed by atoms with Crippen LogP contribution in [0.25, 0.3) is 0 Å². The monoisotopic (exact) mass is 238 g/mol. The second kappa shape index (κ2) is 5.03. The van der Waals surface area contributed by atoms with Gasteiger partial charge in [-0.3, -0.25) is 4.79 Å². The molecule has 1 aliphatic heterocycles. The maximum atomic E-state index is 10.6. The van der Waals surface area contributed by atoms with Gasteiger partial charge in [0.05, 0.1) is 0 Å². The van der Waals surface area contributed by atoms with Gasteiger partial charge in [0.25, 0.3) is 0 Å². The molecule has 2 rings (SSSR count). The van der Waals surface area contributed by atoms with Crippen molar-refractivity contribution >= 4 is 5.91 Å². The van der Waals surface area contributed by atoms with E-state index in [4.69, 9.17) is 15.2 Å². The number of para-hydroxylation sites is 1. The Labute approximate surface area is 98.3 Å². The fourth-order valence-electron chi connectivity index (χ4n) is 1.57. The number of primary amides is 1. The molecule has 92 valence electrons. The Kier molecular flexibility index (Phi) is 3.46. The zero-order valence-electron chi connectivity index (χ0n) is 9.18. The summed E-state index contributed by atoms with van der Waals surface area (Å²) in [5, 5.41) is 12.1. The normalized spacial score (nSPS) is 14.6. The summed E-state index contributed by atoms with van der Waals surface area (Å²) in [5.41, 5.74) is 5.85. The minimum atomic E-state index is -1.18. The van der Waals surface area contributed by atoms with E-state index in [2.05, 4.69) is 5.32 Å². The summed E-state index contributed by atoms with van der Waals surface area (Å²) in [6, 6.07) is 5.57. The summed E-state index contributed by atoms with van der Waals surface area (Å²) in [6.07, 6.45) is -1.18. The van der Waals surface area contributed by atoms with Crippen LogP contribution in [0, 0.1) is 0 Å². The zero-order valence-corrected chi connectivity index (χ0v) is 9.18. The van der Waals surface area contributed by atoms with Crippen molar-refractivity contribution in [3.63, 3.8) is 0 Å². The van der Waals surface area contributed by atoms with Gasteiger partial charge in [0.15, 0.2) is 11.5 Å². The molecule has 1 aromatic rings. The van der Waals surface area contributed by atoms with E-state index in [1.165, 1.54) is 0 Å². The van der Waals surface area contributed by atoms with E-state index < -0.39 is 12.0 Å². The van der Waals surface area contributed by atoms with Crippen LogP contribution in [0.4, 0.5) is 0 Å². The molecule has 6 nitrogen and oxygen atoms in total. The Balaban J connectivity index is 1.92. The SMILES string of the molecule is NC(=O)C(O)CNCc1cccc2c1OCO2. The minimum absolute atomic E-state index is 0.111. The van der Waals surface area contributed by atoms with Gasteiger partial charge in [0.1, 0.15) is 6.10 Å². The summed E-state index contributed by atoms with van der Waals surface area (Å²) in [5.74, 6) is 0.670. The van der Waals surface area contributed by atoms with E-state index in [1.54, 1.807) is 0 Å². The minimum Gasteiger partial charge on any atom is -0.454 e. The van der Waals surface area contributed by atoms with E-state index in [1.807, 2.05) is 18.2 Å². The van der Waals surface area contributed by atoms with Crippen molar-refractivity contribution < 1.29 is 19.4 Å². The van der Waals surface area contributed by atoms with Crippen LogP contribution in [0.2, 0.25) is 0 Å². The Hall–Kier alpha value is -1.79. The van der Waals surface area contributed by atoms with Crippen LogP contribution in [0.5, 0.6) is 11.5 Å². The third-order valence-corrected chi connectivity index (χ3v) is 2.46. The number of fused-ring (bicyclic) bond motifs is 1. The van der Waals surface area contributed by atoms with E-state index in [0.717, 1.165) is 5.56 Å². The Morgan fingerprint density at radius 1 is 1.53 bits per heavy atom. The number of carbonyl (C=O) groups is 1. The zero-order chi connectivity index (χ0) is 12.3. The summed E-state index contributed by atoms with van der Waals surface area (Å²) in [4.78, 5) is 10.6. The number of ether oxygens (including phenoxy) is 2. The van der Waals surface area contributed by atoms with Crippen molar-refractivity contribution in [2.45, 2.75) is 12.6 Å². The molecule has 0 fully saturated rings. The average Bonchev–Trinajstić information content (AvgIpc) is 2.77. The molecule has 0 saturated carbocycles. The van der Waals surface area contributed by atoms with Gasteiger partial charge in [-0.2, -0.15) is 0 Å². The lowest BCUT2D eigenvalue weighted by atomic mass is 10.2. The predicted molar refractivity (Wildman–Crippen MR) is 59.5 cm³/mol. The maximum absolute atomic E-state index is 10.6. The number of nitrogens with one attached hydrogen (secondary N) is 1. The van der Waals surface area contributed by atoms with Crippen molar-refractivity contribution in [2.24, 2.45) is 5.73 Å². The van der Waals surface area contributed by atoms with Crippen LogP contribution in [0.3, 0.4) is 0 Å². The Bertz CT molecular complexity index is 422. The molecule has 0 bridgehead atoms. The first kappa shape index (κ1) is 11.7. The van der Waals surface area contributed by atoms with Crippen molar-refractivity contribution in [1.29, 1.82) is 0 Å². The van der Waals surface area contributed by atoms with Gasteiger partial charge in [-0.15, -0.1) is 0 Å². The van der Waals surface area contributed by atoms with Gasteiger partial charge in [-0.05, 0) is 6.07 Å². The summed E-state index contributed by atoms with van der Waals surface area (Å²) in [6.45, 7) is 0.799. The molecular formula is C11H14N2O4. The molecule has 1 atom stereocenters. The van der Waals surface area contributed by atoms with Gasteiger partial charge < -0.3 is 25.6 Å². The molecule has 1 unspecified atom stereocenters. The summed E-state index contributed by atoms with van der Waals surface area (Å²) < 4.78 is 10.5. The molecule has 6 heteroatoms. The molecule has 0 aromatic heterocycles. The maximum Gasteiger partial charge on any atom is 0.247 e. The molecule has 4 N–H and O–H groups in total. The van der Waals surface area contributed by atoms with Crippen molar-refractivity contribution in [3.05, 3.63) is 23.8 Å². The molecule has 17 heavy (non-hydrogen) atoms. The van der Waals surface area contributed by atoms with Gasteiger partial charge >= 0.3 is 0 Å². The molecule has 1 aliphatic rings. The first-order valence-corrected chi connectivity index (χ1v) is 5.24. The molecule has 1 aromatic carbocycles. The molecule has 1 heterocycles. The van der Waals surface area contributed by atoms with Crippen molar-refractivity contribution in [2.75, 3.05) is 13.3 Å². The van der Waals surface area contributed by atoms with E-state index in [0.29, 0.717) is 18.0 Å². The number of amides is 1. The predicted octanol–water partition coefficient (Wildman–Crippen LogP) is -0.649. The number of rotatable bonds is 5. The topological polar surface area (TPSA) is 93.8 Å². The first-order valence-electron chi connectivity index (χ1n) is 5.24. The van der Waals surface area contributed by atoms with Gasteiger partial charge in [-0.25, -0.2) is 0 Å². The molecule has 0 saturated heterocycles. The highest BCUT2D eigenvalue weighted by Gasteiger charge is 2.17. The number of hydrogen-bond acceptors (Lipinski definition) is 5. The molecule has 0 spiro atoms. The molecule has 1 amide bonds. The number of aliphatic hydroxyl groups is 1. The third-order valence-electron chi connectivity index (χ3n) is 2.46. The fraction of sp³-hybridized carbons (Fsp3) is 0.364. The highest BCUT2D eigenvalue weighted by atomic mass is 16.7. The van der Waals surface area contributed by atoms with Crippen molar-refractivity contribution in [1.82, 2.24) is 5.32 Å². The summed E-state index contributed by atoms with van der Waals surface area (Å²) >= 11 is 0. The lowest BCUT2D eigenvalue weighted by Crippen LogP contribution is -2.37. The standard InChI is InChI=1S/C11H14N2O4/c12-11(15)8(14)5-13-4-7-2-1-3-9-10(7)17-6-16-9/h1-3,8,13-14H,4-6H2,(H2,12,15). The largest absolute Gasteiger partial charge is 0.454 e. The third kappa shape index (κ3) is 2.66. The molecule has 0 radical (unpaired) electrons. The van der Waals surface area contributed by atoms with Crippen LogP contribution >= 0.6 is 0 Å². The molecular weight excluding hydrogens is 224 g/mol. The highest BCUT2D eigenvalue weighted by molar-refractivity contribution is 5.78. The number of nitrogens with two attached hydrogens (primary N) is 1. The average molecular weight is 238 g/mol. The van der Waals surface area contributed by atoms with E-state index in [9.17, 15) is 9.90 Å². The second-order valence-corrected chi connectivity index (χ2v) is 3.70. The number of aliphatic hydroxyl groups excluding tert-OH is 1. The van der Waals surface area contributed by atoms with Crippen LogP contribution in [-0.4, -0.2) is 30.5 Å². The summed E-state index contributed by atoms with van der Waals surface area (Å²) in [7, 11) is 0. The first-order chi connectivity index (χ1) is 8.18. The van der Waals surface area contributed by atoms with Gasteiger partial charge in [0.2, 0.25) is 12.7 Å². The van der Waals surface area contributed by atoms with Crippen LogP contribution in [0.1, 0.15) is 5.56 Å². The van der Waals surface area contributed by atoms with Crippen molar-refractivity contribution in [3.8, 4) is 11.5 Å². The van der Waals surface area contributed by atoms with Crippen LogP contribution in [-0.2, 0) is 11.3 Å². The smallest absolute Gasteiger partial charge is 0.247 e. The van der Waals surface area contributed by atoms with Crippen LogP contribution in [0.15, 0.2) is 18.2 Å².